The number of carboxylic acid groups (broad SMARTS) is 1. The van der Waals surface area contributed by atoms with Crippen molar-refractivity contribution in [1.29, 1.82) is 0 Å². The van der Waals surface area contributed by atoms with Gasteiger partial charge in [0, 0.05) is 5.02 Å². The van der Waals surface area contributed by atoms with Gasteiger partial charge in [-0.15, -0.1) is 0 Å². The molecule has 2 aromatic carbocycles. The molecule has 0 aliphatic carbocycles. The summed E-state index contributed by atoms with van der Waals surface area (Å²) in [6.07, 6.45) is 1.52. The average molecular weight is 374 g/mol. The van der Waals surface area contributed by atoms with Crippen LogP contribution in [-0.2, 0) is 11.3 Å². The Balaban J connectivity index is 1.83. The van der Waals surface area contributed by atoms with Crippen LogP contribution < -0.4 is 0 Å². The number of carboxylic acids is 1. The minimum absolute atomic E-state index is 0.118. The molecular weight excluding hydrogens is 362 g/mol. The van der Waals surface area contributed by atoms with Crippen LogP contribution in [0.15, 0.2) is 53.4 Å². The SMILES string of the molecule is O=C(O)c1cccc(/C=C2\SC(=O)N(Cc3cccc(Cl)c3)C2=O)c1. The van der Waals surface area contributed by atoms with Gasteiger partial charge < -0.3 is 5.11 Å². The third kappa shape index (κ3) is 3.92. The van der Waals surface area contributed by atoms with Gasteiger partial charge in [-0.1, -0.05) is 35.9 Å². The Hall–Kier alpha value is -2.57. The van der Waals surface area contributed by atoms with Crippen LogP contribution in [0.2, 0.25) is 5.02 Å². The number of carbonyl (C=O) groups is 3. The molecule has 25 heavy (non-hydrogen) atoms. The number of hydrogen-bond acceptors (Lipinski definition) is 4. The minimum Gasteiger partial charge on any atom is -0.478 e. The fourth-order valence-electron chi connectivity index (χ4n) is 2.37. The van der Waals surface area contributed by atoms with Crippen molar-refractivity contribution in [2.75, 3.05) is 0 Å². The molecule has 1 aliphatic heterocycles. The van der Waals surface area contributed by atoms with Crippen LogP contribution >= 0.6 is 23.4 Å². The monoisotopic (exact) mass is 373 g/mol. The van der Waals surface area contributed by atoms with Crippen molar-refractivity contribution >= 4 is 46.6 Å². The number of halogens is 1. The Kier molecular flexibility index (Phi) is 4.92. The van der Waals surface area contributed by atoms with Crippen molar-refractivity contribution in [3.05, 3.63) is 75.1 Å². The van der Waals surface area contributed by atoms with E-state index >= 15 is 0 Å². The lowest BCUT2D eigenvalue weighted by molar-refractivity contribution is -0.123. The van der Waals surface area contributed by atoms with Crippen molar-refractivity contribution in [1.82, 2.24) is 4.90 Å². The molecule has 1 N–H and O–H groups in total. The second kappa shape index (κ2) is 7.13. The summed E-state index contributed by atoms with van der Waals surface area (Å²) in [4.78, 5) is 37.1. The van der Waals surface area contributed by atoms with Crippen molar-refractivity contribution in [2.45, 2.75) is 6.54 Å². The number of thioether (sulfide) groups is 1. The predicted molar refractivity (Wildman–Crippen MR) is 96.4 cm³/mol. The van der Waals surface area contributed by atoms with Gasteiger partial charge in [0.1, 0.15) is 0 Å². The molecule has 2 amide bonds. The molecule has 0 saturated carbocycles. The zero-order chi connectivity index (χ0) is 18.0. The van der Waals surface area contributed by atoms with Crippen LogP contribution in [-0.4, -0.2) is 27.1 Å². The summed E-state index contributed by atoms with van der Waals surface area (Å²) in [5, 5.41) is 9.19. The molecule has 0 aromatic heterocycles. The van der Waals surface area contributed by atoms with Crippen LogP contribution in [0.4, 0.5) is 4.79 Å². The number of carbonyl (C=O) groups excluding carboxylic acids is 2. The molecule has 1 aliphatic rings. The summed E-state index contributed by atoms with van der Waals surface area (Å²) in [6.45, 7) is 0.137. The molecule has 5 nitrogen and oxygen atoms in total. The first-order valence-corrected chi connectivity index (χ1v) is 8.46. The highest BCUT2D eigenvalue weighted by molar-refractivity contribution is 8.18. The molecule has 7 heteroatoms. The molecule has 126 valence electrons. The Morgan fingerprint density at radius 2 is 1.92 bits per heavy atom. The van der Waals surface area contributed by atoms with Crippen molar-refractivity contribution < 1.29 is 19.5 Å². The summed E-state index contributed by atoms with van der Waals surface area (Å²) in [5.41, 5.74) is 1.42. The van der Waals surface area contributed by atoms with E-state index in [9.17, 15) is 14.4 Å². The van der Waals surface area contributed by atoms with Gasteiger partial charge in [0.15, 0.2) is 0 Å². The van der Waals surface area contributed by atoms with Crippen molar-refractivity contribution in [3.8, 4) is 0 Å². The molecule has 1 heterocycles. The number of imide groups is 1. The maximum atomic E-state index is 12.5. The lowest BCUT2D eigenvalue weighted by Gasteiger charge is -2.12. The highest BCUT2D eigenvalue weighted by Gasteiger charge is 2.35. The first kappa shape index (κ1) is 17.3. The Bertz CT molecular complexity index is 909. The van der Waals surface area contributed by atoms with Gasteiger partial charge in [0.25, 0.3) is 11.1 Å². The van der Waals surface area contributed by atoms with Gasteiger partial charge in [-0.3, -0.25) is 14.5 Å². The van der Waals surface area contributed by atoms with E-state index in [1.807, 2.05) is 0 Å². The molecule has 0 radical (unpaired) electrons. The average Bonchev–Trinajstić information content (AvgIpc) is 2.83. The van der Waals surface area contributed by atoms with Crippen LogP contribution in [0.1, 0.15) is 21.5 Å². The number of aromatic carboxylic acids is 1. The molecular formula is C18H12ClNO4S. The number of amides is 2. The van der Waals surface area contributed by atoms with Gasteiger partial charge in [-0.25, -0.2) is 4.79 Å². The van der Waals surface area contributed by atoms with Gasteiger partial charge in [-0.05, 0) is 53.2 Å². The third-order valence-electron chi connectivity index (χ3n) is 3.53. The van der Waals surface area contributed by atoms with Crippen LogP contribution in [0.3, 0.4) is 0 Å². The molecule has 3 rings (SSSR count). The van der Waals surface area contributed by atoms with Gasteiger partial charge in [0.2, 0.25) is 0 Å². The smallest absolute Gasteiger partial charge is 0.335 e. The predicted octanol–water partition coefficient (Wildman–Crippen LogP) is 4.27. The number of rotatable bonds is 4. The zero-order valence-corrected chi connectivity index (χ0v) is 14.4. The fraction of sp³-hybridized carbons (Fsp3) is 0.0556. The van der Waals surface area contributed by atoms with E-state index in [0.29, 0.717) is 10.6 Å². The second-order valence-corrected chi connectivity index (χ2v) is 6.76. The summed E-state index contributed by atoms with van der Waals surface area (Å²) in [5.74, 6) is -1.46. The number of nitrogens with zero attached hydrogens (tertiary/aromatic N) is 1. The molecule has 0 atom stereocenters. The van der Waals surface area contributed by atoms with Crippen LogP contribution in [0, 0.1) is 0 Å². The van der Waals surface area contributed by atoms with E-state index in [4.69, 9.17) is 16.7 Å². The molecule has 1 fully saturated rings. The molecule has 0 bridgehead atoms. The quantitative estimate of drug-likeness (QED) is 0.810. The van der Waals surface area contributed by atoms with E-state index in [0.717, 1.165) is 22.2 Å². The van der Waals surface area contributed by atoms with Crippen molar-refractivity contribution in [3.63, 3.8) is 0 Å². The fourth-order valence-corrected chi connectivity index (χ4v) is 3.42. The molecule has 1 saturated heterocycles. The topological polar surface area (TPSA) is 74.7 Å². The lowest BCUT2D eigenvalue weighted by Crippen LogP contribution is -2.27. The summed E-state index contributed by atoms with van der Waals surface area (Å²) in [7, 11) is 0. The zero-order valence-electron chi connectivity index (χ0n) is 12.8. The van der Waals surface area contributed by atoms with Gasteiger partial charge in [0.05, 0.1) is 17.0 Å². The van der Waals surface area contributed by atoms with Crippen molar-refractivity contribution in [2.24, 2.45) is 0 Å². The molecule has 0 spiro atoms. The largest absolute Gasteiger partial charge is 0.478 e. The molecule has 2 aromatic rings. The maximum absolute atomic E-state index is 12.5. The lowest BCUT2D eigenvalue weighted by atomic mass is 10.1. The van der Waals surface area contributed by atoms with E-state index in [1.54, 1.807) is 36.4 Å². The Morgan fingerprint density at radius 1 is 1.16 bits per heavy atom. The summed E-state index contributed by atoms with van der Waals surface area (Å²) >= 11 is 6.76. The van der Waals surface area contributed by atoms with Crippen LogP contribution in [0.5, 0.6) is 0 Å². The molecule has 0 unspecified atom stereocenters. The Labute approximate surface area is 152 Å². The first-order valence-electron chi connectivity index (χ1n) is 7.27. The van der Waals surface area contributed by atoms with E-state index in [1.165, 1.54) is 18.2 Å². The summed E-state index contributed by atoms with van der Waals surface area (Å²) in [6, 6.07) is 13.1. The normalized spacial score (nSPS) is 15.9. The van der Waals surface area contributed by atoms with E-state index in [2.05, 4.69) is 0 Å². The van der Waals surface area contributed by atoms with E-state index < -0.39 is 11.9 Å². The second-order valence-electron chi connectivity index (χ2n) is 5.33. The van der Waals surface area contributed by atoms with Gasteiger partial charge in [-0.2, -0.15) is 0 Å². The minimum atomic E-state index is -1.05. The third-order valence-corrected chi connectivity index (χ3v) is 4.68. The standard InChI is InChI=1S/C18H12ClNO4S/c19-14-6-2-4-12(8-14)10-20-16(21)15(25-18(20)24)9-11-3-1-5-13(7-11)17(22)23/h1-9H,10H2,(H,22,23)/b15-9-. The highest BCUT2D eigenvalue weighted by atomic mass is 35.5. The maximum Gasteiger partial charge on any atom is 0.335 e. The Morgan fingerprint density at radius 3 is 2.64 bits per heavy atom. The summed E-state index contributed by atoms with van der Waals surface area (Å²) < 4.78 is 0. The number of hydrogen-bond donors (Lipinski definition) is 1. The van der Waals surface area contributed by atoms with Gasteiger partial charge >= 0.3 is 5.97 Å². The van der Waals surface area contributed by atoms with Crippen LogP contribution in [0.25, 0.3) is 6.08 Å². The van der Waals surface area contributed by atoms with E-state index in [-0.39, 0.29) is 22.3 Å². The highest BCUT2D eigenvalue weighted by Crippen LogP contribution is 2.33. The first-order chi connectivity index (χ1) is 11.9. The number of benzene rings is 2.